The Morgan fingerprint density at radius 2 is 1.14 bits per heavy atom. The molecule has 0 bridgehead atoms. The highest BCUT2D eigenvalue weighted by Crippen LogP contribution is 2.47. The van der Waals surface area contributed by atoms with Crippen LogP contribution in [-0.4, -0.2) is 27.5 Å². The van der Waals surface area contributed by atoms with Gasteiger partial charge in [-0.2, -0.15) is 0 Å². The monoisotopic (exact) mass is 614 g/mol. The Morgan fingerprint density at radius 3 is 1.70 bits per heavy atom. The van der Waals surface area contributed by atoms with Crippen molar-refractivity contribution in [3.05, 3.63) is 82.9 Å². The molecule has 2 aromatic carbocycles. The number of fused-ring (bicyclic) bond motifs is 2. The lowest BCUT2D eigenvalue weighted by molar-refractivity contribution is 0.504. The molecule has 0 heterocycles. The van der Waals surface area contributed by atoms with Gasteiger partial charge in [0.25, 0.3) is 0 Å². The van der Waals surface area contributed by atoms with Gasteiger partial charge < -0.3 is 9.96 Å². The molecule has 2 N–H and O–H groups in total. The van der Waals surface area contributed by atoms with E-state index in [2.05, 4.69) is 145 Å². The van der Waals surface area contributed by atoms with Crippen molar-refractivity contribution in [1.82, 2.24) is 9.96 Å². The van der Waals surface area contributed by atoms with Gasteiger partial charge in [-0.25, -0.2) is 0 Å². The van der Waals surface area contributed by atoms with Gasteiger partial charge in [-0.1, -0.05) is 113 Å². The van der Waals surface area contributed by atoms with E-state index in [0.29, 0.717) is 17.0 Å². The van der Waals surface area contributed by atoms with E-state index in [9.17, 15) is 0 Å². The molecule has 43 heavy (non-hydrogen) atoms. The average Bonchev–Trinajstić information content (AvgIpc) is 3.46. The van der Waals surface area contributed by atoms with E-state index in [1.165, 1.54) is 50.5 Å². The fourth-order valence-electron chi connectivity index (χ4n) is 8.30. The van der Waals surface area contributed by atoms with Crippen molar-refractivity contribution in [2.24, 2.45) is 5.92 Å². The zero-order chi connectivity index (χ0) is 31.6. The van der Waals surface area contributed by atoms with Crippen LogP contribution in [0.1, 0.15) is 127 Å². The Bertz CT molecular complexity index is 1310. The van der Waals surface area contributed by atoms with Gasteiger partial charge in [0.1, 0.15) is 16.5 Å². The molecular weight excluding hydrogens is 553 g/mol. The van der Waals surface area contributed by atoms with Crippen molar-refractivity contribution in [2.75, 3.05) is 0 Å². The molecule has 0 aliphatic heterocycles. The molecule has 2 aromatic rings. The summed E-state index contributed by atoms with van der Waals surface area (Å²) in [5, 5.41) is 0. The summed E-state index contributed by atoms with van der Waals surface area (Å²) >= 11 is 0. The minimum Gasteiger partial charge on any atom is -0.332 e. The van der Waals surface area contributed by atoms with Gasteiger partial charge >= 0.3 is 0 Å². The van der Waals surface area contributed by atoms with Crippen LogP contribution in [-0.2, 0) is 0 Å². The third kappa shape index (κ3) is 8.51. The second kappa shape index (κ2) is 13.3. The van der Waals surface area contributed by atoms with Crippen LogP contribution in [0.15, 0.2) is 60.7 Å². The molecule has 0 fully saturated rings. The third-order valence-electron chi connectivity index (χ3n) is 9.51. The maximum atomic E-state index is 4.09. The largest absolute Gasteiger partial charge is 0.332 e. The number of nitrogens with one attached hydrogen (secondary N) is 2. The average molecular weight is 615 g/mol. The molecule has 3 atom stereocenters. The van der Waals surface area contributed by atoms with Crippen molar-refractivity contribution in [3.63, 3.8) is 0 Å². The van der Waals surface area contributed by atoms with Gasteiger partial charge in [-0.05, 0) is 107 Å². The Labute approximate surface area is 267 Å². The van der Waals surface area contributed by atoms with E-state index in [1.54, 1.807) is 27.8 Å². The molecule has 2 nitrogen and oxygen atoms in total. The zero-order valence-corrected chi connectivity index (χ0v) is 31.5. The zero-order valence-electron chi connectivity index (χ0n) is 29.5. The maximum absolute atomic E-state index is 4.09. The lowest BCUT2D eigenvalue weighted by Crippen LogP contribution is -2.57. The van der Waals surface area contributed by atoms with Gasteiger partial charge in [-0.15, -0.1) is 0 Å². The van der Waals surface area contributed by atoms with Crippen molar-refractivity contribution in [3.8, 4) is 0 Å². The summed E-state index contributed by atoms with van der Waals surface area (Å²) in [5.74, 6) is 0.658. The van der Waals surface area contributed by atoms with Crippen LogP contribution in [0, 0.1) is 5.92 Å². The second-order valence-corrected chi connectivity index (χ2v) is 25.4. The van der Waals surface area contributed by atoms with Gasteiger partial charge in [0.2, 0.25) is 0 Å². The molecule has 2 aliphatic carbocycles. The van der Waals surface area contributed by atoms with Crippen LogP contribution >= 0.6 is 0 Å². The standard InChI is InChI=1S/C39H62N2Si2/c1-12-13-20-29(35-28-37(34-26-19-17-24-32(34)35)43(10,11)41-39(5,6)7)21-14-15-22-30-27-36(33-25-18-16-23-31(30)33)42(8,9)40-38(2,3)4/h16-19,23-29,36-37,40-41H,12-15,20-22H2,1-11H3. The quantitative estimate of drug-likeness (QED) is 0.173. The number of hydrogen-bond donors (Lipinski definition) is 2. The molecule has 0 spiro atoms. The van der Waals surface area contributed by atoms with Crippen molar-refractivity contribution in [2.45, 2.75) is 142 Å². The molecule has 0 aromatic heterocycles. The second-order valence-electron chi connectivity index (χ2n) is 16.7. The highest BCUT2D eigenvalue weighted by atomic mass is 28.3. The summed E-state index contributed by atoms with van der Waals surface area (Å²) < 4.78 is 0. The summed E-state index contributed by atoms with van der Waals surface area (Å²) in [6.07, 6.45) is 14.3. The number of allylic oxidation sites excluding steroid dienone is 4. The first-order valence-electron chi connectivity index (χ1n) is 17.2. The molecule has 4 heteroatoms. The predicted molar refractivity (Wildman–Crippen MR) is 197 cm³/mol. The van der Waals surface area contributed by atoms with Crippen LogP contribution in [0.4, 0.5) is 0 Å². The summed E-state index contributed by atoms with van der Waals surface area (Å²) in [6, 6.07) is 18.6. The van der Waals surface area contributed by atoms with E-state index in [-0.39, 0.29) is 11.1 Å². The summed E-state index contributed by atoms with van der Waals surface area (Å²) in [4.78, 5) is 8.14. The summed E-state index contributed by atoms with van der Waals surface area (Å²) in [6.45, 7) is 26.3. The number of rotatable bonds is 13. The Hall–Kier alpha value is -1.73. The van der Waals surface area contributed by atoms with E-state index < -0.39 is 16.5 Å². The van der Waals surface area contributed by atoms with Crippen LogP contribution in [0.5, 0.6) is 0 Å². The molecule has 3 unspecified atom stereocenters. The fraction of sp³-hybridized carbons (Fsp3) is 0.590. The normalized spacial score (nSPS) is 19.6. The highest BCUT2D eigenvalue weighted by Gasteiger charge is 2.41. The Kier molecular flexibility index (Phi) is 10.6. The number of benzene rings is 2. The molecular formula is C39H62N2Si2. The van der Waals surface area contributed by atoms with E-state index in [4.69, 9.17) is 0 Å². The Balaban J connectivity index is 1.50. The van der Waals surface area contributed by atoms with E-state index >= 15 is 0 Å². The molecule has 0 radical (unpaired) electrons. The van der Waals surface area contributed by atoms with Crippen LogP contribution < -0.4 is 9.96 Å². The van der Waals surface area contributed by atoms with Crippen molar-refractivity contribution in [1.29, 1.82) is 0 Å². The summed E-state index contributed by atoms with van der Waals surface area (Å²) in [7, 11) is -3.44. The maximum Gasteiger partial charge on any atom is 0.131 e. The Morgan fingerprint density at radius 1 is 0.651 bits per heavy atom. The SMILES string of the molecule is CCCCC(CCCCC1=CC([Si](C)(C)NC(C)(C)C)c2ccccc21)C1=CC([Si](C)(C)NC(C)(C)C)c2ccccc21. The minimum atomic E-state index is -1.74. The number of unbranched alkanes of at least 4 members (excludes halogenated alkanes) is 2. The van der Waals surface area contributed by atoms with Gasteiger partial charge in [0, 0.05) is 22.2 Å². The van der Waals surface area contributed by atoms with Crippen molar-refractivity contribution < 1.29 is 0 Å². The topological polar surface area (TPSA) is 24.1 Å². The van der Waals surface area contributed by atoms with Crippen LogP contribution in [0.25, 0.3) is 11.1 Å². The molecule has 2 aliphatic rings. The van der Waals surface area contributed by atoms with Gasteiger partial charge in [-0.3, -0.25) is 0 Å². The van der Waals surface area contributed by atoms with Crippen LogP contribution in [0.3, 0.4) is 0 Å². The fourth-order valence-corrected chi connectivity index (χ4v) is 15.7. The smallest absolute Gasteiger partial charge is 0.131 e. The number of hydrogen-bond acceptors (Lipinski definition) is 2. The molecule has 236 valence electrons. The third-order valence-corrected chi connectivity index (χ3v) is 16.4. The minimum absolute atomic E-state index is 0.135. The highest BCUT2D eigenvalue weighted by molar-refractivity contribution is 6.77. The van der Waals surface area contributed by atoms with Crippen molar-refractivity contribution >= 4 is 27.6 Å². The first kappa shape index (κ1) is 34.2. The molecule has 0 amide bonds. The molecule has 4 rings (SSSR count). The summed E-state index contributed by atoms with van der Waals surface area (Å²) in [5.41, 5.74) is 10.8. The van der Waals surface area contributed by atoms with Gasteiger partial charge in [0.15, 0.2) is 0 Å². The van der Waals surface area contributed by atoms with Gasteiger partial charge in [0.05, 0.1) is 0 Å². The lowest BCUT2D eigenvalue weighted by Gasteiger charge is -2.37. The molecule has 0 saturated carbocycles. The van der Waals surface area contributed by atoms with Crippen LogP contribution in [0.2, 0.25) is 26.2 Å². The molecule has 0 saturated heterocycles. The predicted octanol–water partition coefficient (Wildman–Crippen LogP) is 11.0. The lowest BCUT2D eigenvalue weighted by atomic mass is 9.85. The first-order chi connectivity index (χ1) is 20.0. The van der Waals surface area contributed by atoms with E-state index in [1.807, 2.05) is 0 Å². The van der Waals surface area contributed by atoms with E-state index in [0.717, 1.165) is 0 Å². The first-order valence-corrected chi connectivity index (χ1v) is 23.4.